The number of hydrogen-bond acceptors (Lipinski definition) is 3. The SMILES string of the molecule is CN(C)[C@H](CNC(=O)c1c(F)cccc1Cl)c1csc2ccccc12. The van der Waals surface area contributed by atoms with Gasteiger partial charge in [-0.2, -0.15) is 0 Å². The van der Waals surface area contributed by atoms with Crippen molar-refractivity contribution in [3.63, 3.8) is 0 Å². The van der Waals surface area contributed by atoms with Gasteiger partial charge in [-0.15, -0.1) is 11.3 Å². The summed E-state index contributed by atoms with van der Waals surface area (Å²) < 4.78 is 15.1. The Hall–Kier alpha value is -1.95. The van der Waals surface area contributed by atoms with Gasteiger partial charge in [0.2, 0.25) is 0 Å². The highest BCUT2D eigenvalue weighted by atomic mass is 35.5. The minimum atomic E-state index is -0.618. The molecule has 2 aromatic carbocycles. The lowest BCUT2D eigenvalue weighted by Gasteiger charge is -2.24. The minimum Gasteiger partial charge on any atom is -0.350 e. The van der Waals surface area contributed by atoms with Crippen LogP contribution < -0.4 is 5.32 Å². The van der Waals surface area contributed by atoms with Gasteiger partial charge in [0.05, 0.1) is 16.6 Å². The van der Waals surface area contributed by atoms with Crippen molar-refractivity contribution in [1.29, 1.82) is 0 Å². The predicted octanol–water partition coefficient (Wildman–Crippen LogP) is 4.73. The molecule has 1 atom stereocenters. The van der Waals surface area contributed by atoms with E-state index >= 15 is 0 Å². The van der Waals surface area contributed by atoms with Crippen LogP contribution in [0.1, 0.15) is 22.0 Å². The molecule has 6 heteroatoms. The van der Waals surface area contributed by atoms with Crippen molar-refractivity contribution in [1.82, 2.24) is 10.2 Å². The molecule has 0 aliphatic rings. The Morgan fingerprint density at radius 1 is 1.24 bits per heavy atom. The molecule has 1 amide bonds. The molecule has 25 heavy (non-hydrogen) atoms. The van der Waals surface area contributed by atoms with Gasteiger partial charge < -0.3 is 10.2 Å². The summed E-state index contributed by atoms with van der Waals surface area (Å²) in [5, 5.41) is 6.21. The first kappa shape index (κ1) is 17.9. The molecule has 0 unspecified atom stereocenters. The van der Waals surface area contributed by atoms with Gasteiger partial charge in [-0.25, -0.2) is 4.39 Å². The lowest BCUT2D eigenvalue weighted by molar-refractivity contribution is 0.0938. The van der Waals surface area contributed by atoms with Gasteiger partial charge in [-0.1, -0.05) is 35.9 Å². The summed E-state index contributed by atoms with van der Waals surface area (Å²) in [5.74, 6) is -1.12. The summed E-state index contributed by atoms with van der Waals surface area (Å²) in [7, 11) is 3.92. The zero-order valence-electron chi connectivity index (χ0n) is 13.9. The van der Waals surface area contributed by atoms with Gasteiger partial charge in [-0.05, 0) is 48.6 Å². The van der Waals surface area contributed by atoms with E-state index in [1.165, 1.54) is 28.3 Å². The van der Waals surface area contributed by atoms with Crippen LogP contribution in [0, 0.1) is 5.82 Å². The third-order valence-corrected chi connectivity index (χ3v) is 5.44. The zero-order valence-corrected chi connectivity index (χ0v) is 15.5. The number of amides is 1. The third-order valence-electron chi connectivity index (χ3n) is 4.14. The first-order valence-corrected chi connectivity index (χ1v) is 9.09. The van der Waals surface area contributed by atoms with Gasteiger partial charge in [0.15, 0.2) is 0 Å². The normalized spacial score (nSPS) is 12.5. The van der Waals surface area contributed by atoms with Crippen LogP contribution in [0.4, 0.5) is 4.39 Å². The van der Waals surface area contributed by atoms with E-state index in [1.807, 2.05) is 31.1 Å². The fourth-order valence-corrected chi connectivity index (χ4v) is 4.08. The highest BCUT2D eigenvalue weighted by Crippen LogP contribution is 2.32. The number of nitrogens with one attached hydrogen (secondary N) is 1. The molecule has 0 aliphatic heterocycles. The Bertz CT molecular complexity index is 889. The smallest absolute Gasteiger partial charge is 0.255 e. The predicted molar refractivity (Wildman–Crippen MR) is 102 cm³/mol. The molecule has 0 radical (unpaired) electrons. The molecule has 0 fully saturated rings. The lowest BCUT2D eigenvalue weighted by Crippen LogP contribution is -2.35. The quantitative estimate of drug-likeness (QED) is 0.698. The number of halogens is 2. The van der Waals surface area contributed by atoms with Crippen molar-refractivity contribution in [3.8, 4) is 0 Å². The third kappa shape index (κ3) is 3.68. The molecule has 0 aliphatic carbocycles. The summed E-state index contributed by atoms with van der Waals surface area (Å²) in [5.41, 5.74) is 1.03. The summed E-state index contributed by atoms with van der Waals surface area (Å²) in [6.07, 6.45) is 0. The van der Waals surface area contributed by atoms with Crippen molar-refractivity contribution in [3.05, 3.63) is 69.8 Å². The van der Waals surface area contributed by atoms with Crippen molar-refractivity contribution in [2.24, 2.45) is 0 Å². The maximum Gasteiger partial charge on any atom is 0.255 e. The Kier molecular flexibility index (Phi) is 5.37. The number of likely N-dealkylation sites (N-methyl/N-ethyl adjacent to an activating group) is 1. The number of fused-ring (bicyclic) bond motifs is 1. The number of carbonyl (C=O) groups excluding carboxylic acids is 1. The molecule has 0 spiro atoms. The second-order valence-corrected chi connectivity index (χ2v) is 7.29. The maximum atomic E-state index is 13.9. The first-order valence-electron chi connectivity index (χ1n) is 7.84. The number of hydrogen-bond donors (Lipinski definition) is 1. The second-order valence-electron chi connectivity index (χ2n) is 5.97. The first-order chi connectivity index (χ1) is 12.0. The van der Waals surface area contributed by atoms with E-state index in [0.29, 0.717) is 6.54 Å². The molecular weight excluding hydrogens is 359 g/mol. The summed E-state index contributed by atoms with van der Waals surface area (Å²) >= 11 is 7.65. The number of nitrogens with zero attached hydrogens (tertiary/aromatic N) is 1. The molecule has 1 aromatic heterocycles. The standard InChI is InChI=1S/C19H18ClFN2OS/c1-23(2)16(13-11-25-17-9-4-3-6-12(13)17)10-22-19(24)18-14(20)7-5-8-15(18)21/h3-9,11,16H,10H2,1-2H3,(H,22,24)/t16-/m1/s1. The second kappa shape index (κ2) is 7.52. The summed E-state index contributed by atoms with van der Waals surface area (Å²) in [6, 6.07) is 12.4. The summed E-state index contributed by atoms with van der Waals surface area (Å²) in [6.45, 7) is 0.358. The molecule has 0 bridgehead atoms. The van der Waals surface area contributed by atoms with Crippen LogP contribution in [0.25, 0.3) is 10.1 Å². The monoisotopic (exact) mass is 376 g/mol. The van der Waals surface area contributed by atoms with Gasteiger partial charge in [0, 0.05) is 11.2 Å². The lowest BCUT2D eigenvalue weighted by atomic mass is 10.0. The van der Waals surface area contributed by atoms with Crippen LogP contribution in [-0.2, 0) is 0 Å². The molecule has 1 heterocycles. The van der Waals surface area contributed by atoms with E-state index in [4.69, 9.17) is 11.6 Å². The van der Waals surface area contributed by atoms with E-state index in [0.717, 1.165) is 5.56 Å². The van der Waals surface area contributed by atoms with E-state index in [2.05, 4.69) is 22.8 Å². The summed E-state index contributed by atoms with van der Waals surface area (Å²) in [4.78, 5) is 14.4. The molecular formula is C19H18ClFN2OS. The Balaban J connectivity index is 1.83. The van der Waals surface area contributed by atoms with Crippen LogP contribution in [-0.4, -0.2) is 31.4 Å². The van der Waals surface area contributed by atoms with Crippen LogP contribution in [0.15, 0.2) is 47.8 Å². The number of carbonyl (C=O) groups is 1. The van der Waals surface area contributed by atoms with Crippen LogP contribution in [0.5, 0.6) is 0 Å². The van der Waals surface area contributed by atoms with Crippen LogP contribution >= 0.6 is 22.9 Å². The highest BCUT2D eigenvalue weighted by molar-refractivity contribution is 7.17. The van der Waals surface area contributed by atoms with E-state index in [-0.39, 0.29) is 16.6 Å². The Labute approximate surface area is 155 Å². The van der Waals surface area contributed by atoms with Gasteiger partial charge in [0.1, 0.15) is 5.82 Å². The van der Waals surface area contributed by atoms with Gasteiger partial charge >= 0.3 is 0 Å². The maximum absolute atomic E-state index is 13.9. The van der Waals surface area contributed by atoms with Crippen molar-refractivity contribution < 1.29 is 9.18 Å². The Morgan fingerprint density at radius 2 is 2.00 bits per heavy atom. The molecule has 3 rings (SSSR count). The Morgan fingerprint density at radius 3 is 2.72 bits per heavy atom. The number of benzene rings is 2. The van der Waals surface area contributed by atoms with E-state index in [1.54, 1.807) is 11.3 Å². The topological polar surface area (TPSA) is 32.3 Å². The van der Waals surface area contributed by atoms with Crippen LogP contribution in [0.3, 0.4) is 0 Å². The fourth-order valence-electron chi connectivity index (χ4n) is 2.82. The molecule has 0 saturated heterocycles. The average Bonchev–Trinajstić information content (AvgIpc) is 2.99. The average molecular weight is 377 g/mol. The minimum absolute atomic E-state index is 0.0225. The van der Waals surface area contributed by atoms with Crippen molar-refractivity contribution in [2.75, 3.05) is 20.6 Å². The highest BCUT2D eigenvalue weighted by Gasteiger charge is 2.21. The zero-order chi connectivity index (χ0) is 18.0. The van der Waals surface area contributed by atoms with Gasteiger partial charge in [0.25, 0.3) is 5.91 Å². The van der Waals surface area contributed by atoms with Crippen molar-refractivity contribution in [2.45, 2.75) is 6.04 Å². The molecule has 1 N–H and O–H groups in total. The van der Waals surface area contributed by atoms with Crippen LogP contribution in [0.2, 0.25) is 5.02 Å². The number of rotatable bonds is 5. The van der Waals surface area contributed by atoms with Gasteiger partial charge in [-0.3, -0.25) is 4.79 Å². The number of thiophene rings is 1. The largest absolute Gasteiger partial charge is 0.350 e. The molecule has 130 valence electrons. The fraction of sp³-hybridized carbons (Fsp3) is 0.211. The molecule has 3 nitrogen and oxygen atoms in total. The van der Waals surface area contributed by atoms with E-state index < -0.39 is 11.7 Å². The van der Waals surface area contributed by atoms with E-state index in [9.17, 15) is 9.18 Å². The molecule has 3 aromatic rings. The van der Waals surface area contributed by atoms with Crippen molar-refractivity contribution >= 4 is 38.9 Å². The molecule has 0 saturated carbocycles.